The summed E-state index contributed by atoms with van der Waals surface area (Å²) in [6.45, 7) is 4.36. The molecule has 0 radical (unpaired) electrons. The Hall–Kier alpha value is -1.63. The number of hydrogen-bond donors (Lipinski definition) is 0. The maximum Gasteiger partial charge on any atom is 0.158 e. The van der Waals surface area contributed by atoms with Crippen molar-refractivity contribution in [2.24, 2.45) is 5.92 Å². The summed E-state index contributed by atoms with van der Waals surface area (Å²) in [4.78, 5) is 10.6. The molecular formula is C12H16N4. The second-order valence-electron chi connectivity index (χ2n) is 4.26. The van der Waals surface area contributed by atoms with Crippen molar-refractivity contribution in [2.75, 3.05) is 18.0 Å². The second-order valence-corrected chi connectivity index (χ2v) is 4.26. The lowest BCUT2D eigenvalue weighted by atomic mass is 10.0. The van der Waals surface area contributed by atoms with Gasteiger partial charge in [0.2, 0.25) is 0 Å². The van der Waals surface area contributed by atoms with Crippen LogP contribution in [0.15, 0.2) is 12.4 Å². The van der Waals surface area contributed by atoms with Crippen LogP contribution >= 0.6 is 0 Å². The highest BCUT2D eigenvalue weighted by Crippen LogP contribution is 2.24. The Labute approximate surface area is 95.9 Å². The predicted molar refractivity (Wildman–Crippen MR) is 62.0 cm³/mol. The summed E-state index contributed by atoms with van der Waals surface area (Å²) < 4.78 is 0. The van der Waals surface area contributed by atoms with Gasteiger partial charge in [0.25, 0.3) is 0 Å². The molecule has 0 bridgehead atoms. The Kier molecular flexibility index (Phi) is 3.35. The van der Waals surface area contributed by atoms with Crippen molar-refractivity contribution in [2.45, 2.75) is 26.2 Å². The van der Waals surface area contributed by atoms with Gasteiger partial charge >= 0.3 is 0 Å². The fourth-order valence-corrected chi connectivity index (χ4v) is 2.23. The zero-order valence-electron chi connectivity index (χ0n) is 9.56. The van der Waals surface area contributed by atoms with Gasteiger partial charge in [-0.2, -0.15) is 5.26 Å². The zero-order valence-corrected chi connectivity index (χ0v) is 9.56. The van der Waals surface area contributed by atoms with Crippen molar-refractivity contribution in [3.63, 3.8) is 0 Å². The molecule has 1 atom stereocenters. The van der Waals surface area contributed by atoms with E-state index in [1.807, 2.05) is 6.07 Å². The van der Waals surface area contributed by atoms with Crippen molar-refractivity contribution in [1.29, 1.82) is 5.26 Å². The molecule has 0 aliphatic carbocycles. The predicted octanol–water partition coefficient (Wildman–Crippen LogP) is 1.97. The van der Waals surface area contributed by atoms with Crippen molar-refractivity contribution in [3.8, 4) is 6.07 Å². The molecule has 1 fully saturated rings. The van der Waals surface area contributed by atoms with Gasteiger partial charge in [0.05, 0.1) is 12.4 Å². The molecule has 0 spiro atoms. The van der Waals surface area contributed by atoms with Crippen LogP contribution in [0.4, 0.5) is 5.82 Å². The van der Waals surface area contributed by atoms with Gasteiger partial charge in [-0.05, 0) is 18.8 Å². The third-order valence-corrected chi connectivity index (χ3v) is 3.06. The van der Waals surface area contributed by atoms with Gasteiger partial charge in [0.15, 0.2) is 5.69 Å². The van der Waals surface area contributed by atoms with Crippen molar-refractivity contribution in [3.05, 3.63) is 18.1 Å². The largest absolute Gasteiger partial charge is 0.355 e. The van der Waals surface area contributed by atoms with Crippen LogP contribution in [0.3, 0.4) is 0 Å². The van der Waals surface area contributed by atoms with Crippen LogP contribution in [0, 0.1) is 17.2 Å². The van der Waals surface area contributed by atoms with E-state index in [1.54, 1.807) is 12.4 Å². The van der Waals surface area contributed by atoms with Crippen LogP contribution < -0.4 is 4.90 Å². The first-order valence-electron chi connectivity index (χ1n) is 5.80. The van der Waals surface area contributed by atoms with E-state index in [9.17, 15) is 0 Å². The van der Waals surface area contributed by atoms with Crippen LogP contribution in [-0.4, -0.2) is 23.1 Å². The van der Waals surface area contributed by atoms with E-state index in [4.69, 9.17) is 5.26 Å². The van der Waals surface area contributed by atoms with E-state index >= 15 is 0 Å². The maximum atomic E-state index is 8.64. The van der Waals surface area contributed by atoms with Crippen LogP contribution in [-0.2, 0) is 0 Å². The van der Waals surface area contributed by atoms with Gasteiger partial charge in [-0.25, -0.2) is 9.97 Å². The van der Waals surface area contributed by atoms with E-state index in [0.717, 1.165) is 24.8 Å². The molecule has 1 aliphatic heterocycles. The van der Waals surface area contributed by atoms with E-state index in [2.05, 4.69) is 21.8 Å². The number of rotatable bonds is 3. The van der Waals surface area contributed by atoms with Gasteiger partial charge in [-0.1, -0.05) is 13.3 Å². The molecule has 0 N–H and O–H groups in total. The lowest BCUT2D eigenvalue weighted by Crippen LogP contribution is -2.21. The normalized spacial score (nSPS) is 19.8. The Balaban J connectivity index is 2.00. The monoisotopic (exact) mass is 216 g/mol. The quantitative estimate of drug-likeness (QED) is 0.775. The van der Waals surface area contributed by atoms with Crippen molar-refractivity contribution in [1.82, 2.24) is 9.97 Å². The molecule has 1 saturated heterocycles. The molecule has 4 nitrogen and oxygen atoms in total. The molecule has 1 aromatic heterocycles. The van der Waals surface area contributed by atoms with Gasteiger partial charge in [0.1, 0.15) is 11.9 Å². The third kappa shape index (κ3) is 2.30. The minimum absolute atomic E-state index is 0.382. The SMILES string of the molecule is CCCC1CCN(c2cnc(C#N)cn2)C1. The fraction of sp³-hybridized carbons (Fsp3) is 0.583. The molecule has 1 aromatic rings. The maximum absolute atomic E-state index is 8.64. The summed E-state index contributed by atoms with van der Waals surface area (Å²) >= 11 is 0. The number of nitrogens with zero attached hydrogens (tertiary/aromatic N) is 4. The Morgan fingerprint density at radius 1 is 1.50 bits per heavy atom. The average molecular weight is 216 g/mol. The summed E-state index contributed by atoms with van der Waals surface area (Å²) in [5.74, 6) is 1.69. The Morgan fingerprint density at radius 2 is 2.38 bits per heavy atom. The molecule has 0 amide bonds. The summed E-state index contributed by atoms with van der Waals surface area (Å²) in [6.07, 6.45) is 7.03. The van der Waals surface area contributed by atoms with Gasteiger partial charge in [0, 0.05) is 13.1 Å². The average Bonchev–Trinajstić information content (AvgIpc) is 2.78. The molecule has 0 saturated carbocycles. The lowest BCUT2D eigenvalue weighted by Gasteiger charge is -2.16. The third-order valence-electron chi connectivity index (χ3n) is 3.06. The van der Waals surface area contributed by atoms with E-state index in [-0.39, 0.29) is 0 Å². The molecular weight excluding hydrogens is 200 g/mol. The van der Waals surface area contributed by atoms with Crippen LogP contribution in [0.25, 0.3) is 0 Å². The zero-order chi connectivity index (χ0) is 11.4. The Bertz CT molecular complexity index is 379. The summed E-state index contributed by atoms with van der Waals surface area (Å²) in [5, 5.41) is 8.64. The first kappa shape index (κ1) is 10.9. The highest BCUT2D eigenvalue weighted by Gasteiger charge is 2.22. The second kappa shape index (κ2) is 4.93. The summed E-state index contributed by atoms with van der Waals surface area (Å²) in [7, 11) is 0. The molecule has 2 rings (SSSR count). The molecule has 1 unspecified atom stereocenters. The van der Waals surface area contributed by atoms with Crippen molar-refractivity contribution < 1.29 is 0 Å². The van der Waals surface area contributed by atoms with E-state index < -0.39 is 0 Å². The topological polar surface area (TPSA) is 52.8 Å². The number of aromatic nitrogens is 2. The van der Waals surface area contributed by atoms with Gasteiger partial charge in [-0.15, -0.1) is 0 Å². The molecule has 2 heterocycles. The Morgan fingerprint density at radius 3 is 3.00 bits per heavy atom. The molecule has 4 heteroatoms. The van der Waals surface area contributed by atoms with E-state index in [1.165, 1.54) is 19.3 Å². The van der Waals surface area contributed by atoms with E-state index in [0.29, 0.717) is 5.69 Å². The fourth-order valence-electron chi connectivity index (χ4n) is 2.23. The summed E-state index contributed by atoms with van der Waals surface area (Å²) in [5.41, 5.74) is 0.382. The first-order chi connectivity index (χ1) is 7.83. The lowest BCUT2D eigenvalue weighted by molar-refractivity contribution is 0.529. The highest BCUT2D eigenvalue weighted by atomic mass is 15.2. The number of anilines is 1. The standard InChI is InChI=1S/C12H16N4/c1-2-3-10-4-5-16(9-10)12-8-14-11(6-13)7-15-12/h7-8,10H,2-5,9H2,1H3. The minimum Gasteiger partial charge on any atom is -0.355 e. The van der Waals surface area contributed by atoms with Crippen LogP contribution in [0.1, 0.15) is 31.9 Å². The van der Waals surface area contributed by atoms with Gasteiger partial charge < -0.3 is 4.90 Å². The van der Waals surface area contributed by atoms with Crippen LogP contribution in [0.2, 0.25) is 0 Å². The molecule has 1 aliphatic rings. The number of nitriles is 1. The minimum atomic E-state index is 0.382. The number of hydrogen-bond acceptors (Lipinski definition) is 4. The van der Waals surface area contributed by atoms with Gasteiger partial charge in [-0.3, -0.25) is 0 Å². The molecule has 84 valence electrons. The molecule has 16 heavy (non-hydrogen) atoms. The van der Waals surface area contributed by atoms with Crippen molar-refractivity contribution >= 4 is 5.82 Å². The summed E-state index contributed by atoms with van der Waals surface area (Å²) in [6, 6.07) is 1.98. The first-order valence-corrected chi connectivity index (χ1v) is 5.80. The molecule has 0 aromatic carbocycles. The highest BCUT2D eigenvalue weighted by molar-refractivity contribution is 5.38. The smallest absolute Gasteiger partial charge is 0.158 e. The van der Waals surface area contributed by atoms with Crippen LogP contribution in [0.5, 0.6) is 0 Å².